The first-order valence-electron chi connectivity index (χ1n) is 10.8. The van der Waals surface area contributed by atoms with Gasteiger partial charge in [-0.15, -0.1) is 0 Å². The fourth-order valence-corrected chi connectivity index (χ4v) is 4.07. The molecule has 0 radical (unpaired) electrons. The number of aryl methyl sites for hydroxylation is 1. The number of rotatable bonds is 8. The van der Waals surface area contributed by atoms with Gasteiger partial charge in [-0.2, -0.15) is 0 Å². The van der Waals surface area contributed by atoms with Crippen molar-refractivity contribution >= 4 is 34.6 Å². The summed E-state index contributed by atoms with van der Waals surface area (Å²) in [4.78, 5) is 59.5. The minimum absolute atomic E-state index is 0.0662. The molecule has 10 nitrogen and oxygen atoms in total. The van der Waals surface area contributed by atoms with Gasteiger partial charge in [-0.25, -0.2) is 14.8 Å². The van der Waals surface area contributed by atoms with Gasteiger partial charge in [0.25, 0.3) is 11.5 Å². The summed E-state index contributed by atoms with van der Waals surface area (Å²) in [6.45, 7) is 6.12. The van der Waals surface area contributed by atoms with Gasteiger partial charge in [-0.3, -0.25) is 28.8 Å². The lowest BCUT2D eigenvalue weighted by atomic mass is 10.2. The van der Waals surface area contributed by atoms with Crippen molar-refractivity contribution in [2.45, 2.75) is 44.7 Å². The maximum Gasteiger partial charge on any atom is 0.332 e. The van der Waals surface area contributed by atoms with Crippen LogP contribution in [0.1, 0.15) is 49.3 Å². The number of aromatic nitrogens is 4. The van der Waals surface area contributed by atoms with Crippen LogP contribution >= 0.6 is 11.8 Å². The molecule has 34 heavy (non-hydrogen) atoms. The molecular formula is C23H27N5O5S. The summed E-state index contributed by atoms with van der Waals surface area (Å²) in [5.41, 5.74) is -0.413. The Balaban J connectivity index is 1.92. The molecule has 0 aliphatic carbocycles. The number of hydrogen-bond acceptors (Lipinski definition) is 8. The lowest BCUT2D eigenvalue weighted by Gasteiger charge is -2.15. The molecule has 3 aromatic rings. The summed E-state index contributed by atoms with van der Waals surface area (Å²) in [5, 5.41) is 2.81. The molecule has 0 bridgehead atoms. The van der Waals surface area contributed by atoms with E-state index in [0.717, 1.165) is 16.3 Å². The summed E-state index contributed by atoms with van der Waals surface area (Å²) in [6, 6.07) is 6.36. The summed E-state index contributed by atoms with van der Waals surface area (Å²) in [7, 11) is 2.92. The zero-order chi connectivity index (χ0) is 25.0. The van der Waals surface area contributed by atoms with Gasteiger partial charge in [0, 0.05) is 25.1 Å². The molecule has 1 N–H and O–H groups in total. The molecule has 0 spiro atoms. The number of benzene rings is 1. The van der Waals surface area contributed by atoms with Crippen LogP contribution in [0.5, 0.6) is 5.75 Å². The van der Waals surface area contributed by atoms with Gasteiger partial charge < -0.3 is 4.74 Å². The number of nitrogens with zero attached hydrogens (tertiary/aromatic N) is 4. The largest absolute Gasteiger partial charge is 0.497 e. The normalized spacial score (nSPS) is 11.1. The molecule has 0 saturated heterocycles. The minimum atomic E-state index is -0.545. The Bertz CT molecular complexity index is 1350. The second-order valence-electron chi connectivity index (χ2n) is 7.93. The van der Waals surface area contributed by atoms with Crippen LogP contribution in [0.4, 0.5) is 0 Å². The lowest BCUT2D eigenvalue weighted by Crippen LogP contribution is -2.39. The van der Waals surface area contributed by atoms with Gasteiger partial charge in [-0.1, -0.05) is 32.5 Å². The number of carbonyl (C=O) groups is 2. The van der Waals surface area contributed by atoms with Crippen LogP contribution in [-0.2, 0) is 18.4 Å². The van der Waals surface area contributed by atoms with Crippen molar-refractivity contribution in [3.8, 4) is 5.75 Å². The zero-order valence-corrected chi connectivity index (χ0v) is 20.6. The molecule has 1 aromatic carbocycles. The molecule has 0 fully saturated rings. The first-order valence-corrected chi connectivity index (χ1v) is 11.8. The Morgan fingerprint density at radius 2 is 1.82 bits per heavy atom. The molecule has 2 amide bonds. The lowest BCUT2D eigenvalue weighted by molar-refractivity contribution is -0.117. The molecular weight excluding hydrogens is 458 g/mol. The van der Waals surface area contributed by atoms with E-state index in [9.17, 15) is 19.2 Å². The van der Waals surface area contributed by atoms with E-state index >= 15 is 0 Å². The monoisotopic (exact) mass is 485 g/mol. The molecule has 11 heteroatoms. The quantitative estimate of drug-likeness (QED) is 0.380. The van der Waals surface area contributed by atoms with E-state index in [2.05, 4.69) is 15.3 Å². The number of amides is 2. The van der Waals surface area contributed by atoms with Crippen molar-refractivity contribution in [1.82, 2.24) is 24.4 Å². The number of methoxy groups -OCH3 is 1. The van der Waals surface area contributed by atoms with Crippen LogP contribution in [-0.4, -0.2) is 43.8 Å². The molecule has 3 rings (SSSR count). The highest BCUT2D eigenvalue weighted by Crippen LogP contribution is 2.24. The van der Waals surface area contributed by atoms with E-state index in [0.29, 0.717) is 35.1 Å². The molecule has 2 heterocycles. The van der Waals surface area contributed by atoms with Crippen molar-refractivity contribution in [2.24, 2.45) is 7.05 Å². The molecule has 0 unspecified atom stereocenters. The highest BCUT2D eigenvalue weighted by Gasteiger charge is 2.21. The predicted octanol–water partition coefficient (Wildman–Crippen LogP) is 2.08. The van der Waals surface area contributed by atoms with Crippen molar-refractivity contribution < 1.29 is 14.3 Å². The Morgan fingerprint density at radius 1 is 1.15 bits per heavy atom. The maximum atomic E-state index is 13.0. The molecule has 2 aromatic heterocycles. The van der Waals surface area contributed by atoms with Gasteiger partial charge in [0.1, 0.15) is 22.0 Å². The average Bonchev–Trinajstić information content (AvgIpc) is 2.83. The number of imide groups is 1. The topological polar surface area (TPSA) is 125 Å². The molecule has 0 aliphatic rings. The van der Waals surface area contributed by atoms with Crippen molar-refractivity contribution in [1.29, 1.82) is 0 Å². The van der Waals surface area contributed by atoms with Crippen LogP contribution in [0.25, 0.3) is 11.0 Å². The van der Waals surface area contributed by atoms with Crippen molar-refractivity contribution in [3.63, 3.8) is 0 Å². The van der Waals surface area contributed by atoms with Crippen molar-refractivity contribution in [2.75, 3.05) is 12.9 Å². The van der Waals surface area contributed by atoms with E-state index in [1.807, 2.05) is 20.8 Å². The fraction of sp³-hybridized carbons (Fsp3) is 0.391. The third-order valence-corrected chi connectivity index (χ3v) is 6.05. The number of fused-ring (bicyclic) bond motifs is 1. The highest BCUT2D eigenvalue weighted by molar-refractivity contribution is 8.00. The van der Waals surface area contributed by atoms with E-state index in [4.69, 9.17) is 4.74 Å². The van der Waals surface area contributed by atoms with Gasteiger partial charge in [0.2, 0.25) is 5.91 Å². The molecule has 180 valence electrons. The van der Waals surface area contributed by atoms with Crippen LogP contribution in [0.3, 0.4) is 0 Å². The standard InChI is InChI=1S/C23H27N5O5S/c1-6-11-28-19-17(22(31)27(4)23(28)32)21(26-18(25-19)13(2)3)34-12-16(29)24-20(30)14-7-9-15(33-5)10-8-14/h7-10,13H,6,11-12H2,1-5H3,(H,24,29,30). The first-order chi connectivity index (χ1) is 16.2. The second kappa shape index (κ2) is 10.6. The number of thioether (sulfide) groups is 1. The Hall–Kier alpha value is -3.47. The van der Waals surface area contributed by atoms with Crippen molar-refractivity contribution in [3.05, 3.63) is 56.5 Å². The Labute approximate surface area is 200 Å². The number of carbonyl (C=O) groups excluding carboxylic acids is 2. The Kier molecular flexibility index (Phi) is 7.87. The SMILES string of the molecule is CCCn1c(=O)n(C)c(=O)c2c(SCC(=O)NC(=O)c3ccc(OC)cc3)nc(C(C)C)nc21. The number of ether oxygens (including phenoxy) is 1. The third kappa shape index (κ3) is 5.19. The molecule has 0 saturated carbocycles. The third-order valence-electron chi connectivity index (χ3n) is 5.07. The molecule has 0 aliphatic heterocycles. The van der Waals surface area contributed by atoms with E-state index in [-0.39, 0.29) is 22.7 Å². The predicted molar refractivity (Wildman–Crippen MR) is 130 cm³/mol. The van der Waals surface area contributed by atoms with Crippen LogP contribution in [0, 0.1) is 0 Å². The van der Waals surface area contributed by atoms with Gasteiger partial charge >= 0.3 is 5.69 Å². The smallest absolute Gasteiger partial charge is 0.332 e. The van der Waals surface area contributed by atoms with Crippen LogP contribution < -0.4 is 21.3 Å². The Morgan fingerprint density at radius 3 is 2.41 bits per heavy atom. The van der Waals surface area contributed by atoms with Crippen LogP contribution in [0.15, 0.2) is 38.9 Å². The zero-order valence-electron chi connectivity index (χ0n) is 19.7. The van der Waals surface area contributed by atoms with Gasteiger partial charge in [0.15, 0.2) is 5.65 Å². The number of hydrogen-bond donors (Lipinski definition) is 1. The summed E-state index contributed by atoms with van der Waals surface area (Å²) >= 11 is 1.02. The summed E-state index contributed by atoms with van der Waals surface area (Å²) in [6.07, 6.45) is 0.673. The van der Waals surface area contributed by atoms with Gasteiger partial charge in [0.05, 0.1) is 12.9 Å². The van der Waals surface area contributed by atoms with E-state index < -0.39 is 23.1 Å². The fourth-order valence-electron chi connectivity index (χ4n) is 3.25. The van der Waals surface area contributed by atoms with Crippen LogP contribution in [0.2, 0.25) is 0 Å². The highest BCUT2D eigenvalue weighted by atomic mass is 32.2. The summed E-state index contributed by atoms with van der Waals surface area (Å²) < 4.78 is 7.55. The van der Waals surface area contributed by atoms with E-state index in [1.54, 1.807) is 24.3 Å². The molecule has 0 atom stereocenters. The maximum absolute atomic E-state index is 13.0. The first kappa shape index (κ1) is 25.2. The van der Waals surface area contributed by atoms with E-state index in [1.165, 1.54) is 18.7 Å². The minimum Gasteiger partial charge on any atom is -0.497 e. The second-order valence-corrected chi connectivity index (χ2v) is 8.90. The van der Waals surface area contributed by atoms with Gasteiger partial charge in [-0.05, 0) is 30.7 Å². The summed E-state index contributed by atoms with van der Waals surface area (Å²) in [5.74, 6) is -0.246. The number of nitrogens with one attached hydrogen (secondary N) is 1. The average molecular weight is 486 g/mol.